The molecule has 104 valence electrons. The van der Waals surface area contributed by atoms with E-state index in [4.69, 9.17) is 11.6 Å². The summed E-state index contributed by atoms with van der Waals surface area (Å²) in [6, 6.07) is 3.84. The van der Waals surface area contributed by atoms with Gasteiger partial charge in [0.1, 0.15) is 0 Å². The number of rotatable bonds is 3. The zero-order chi connectivity index (χ0) is 14.5. The molecule has 0 radical (unpaired) electrons. The molecule has 0 unspecified atom stereocenters. The van der Waals surface area contributed by atoms with E-state index >= 15 is 0 Å². The molecule has 1 aromatic carbocycles. The van der Waals surface area contributed by atoms with Gasteiger partial charge in [0.15, 0.2) is 0 Å². The highest BCUT2D eigenvalue weighted by Crippen LogP contribution is 2.26. The van der Waals surface area contributed by atoms with E-state index in [9.17, 15) is 17.2 Å². The Hall–Kier alpha value is -0.680. The first-order chi connectivity index (χ1) is 8.25. The van der Waals surface area contributed by atoms with E-state index < -0.39 is 20.5 Å². The topological polar surface area (TPSA) is 34.1 Å². The van der Waals surface area contributed by atoms with Gasteiger partial charge in [0.05, 0.1) is 4.90 Å². The molecule has 0 aliphatic rings. The van der Waals surface area contributed by atoms with E-state index in [1.165, 1.54) is 6.07 Å². The molecule has 0 saturated carbocycles. The Morgan fingerprint density at radius 1 is 1.11 bits per heavy atom. The summed E-state index contributed by atoms with van der Waals surface area (Å²) in [6.07, 6.45) is 0. The zero-order valence-corrected chi connectivity index (χ0v) is 12.3. The third-order valence-electron chi connectivity index (χ3n) is 2.12. The lowest BCUT2D eigenvalue weighted by Gasteiger charge is -2.09. The Kier molecular flexibility index (Phi) is 6.78. The summed E-state index contributed by atoms with van der Waals surface area (Å²) >= 11 is 5.70. The molecule has 6 heteroatoms. The number of alkyl halides is 2. The number of benzene rings is 1. The van der Waals surface area contributed by atoms with Gasteiger partial charge in [-0.3, -0.25) is 0 Å². The highest BCUT2D eigenvalue weighted by atomic mass is 35.5. The molecule has 1 aromatic rings. The first kappa shape index (κ1) is 17.3. The van der Waals surface area contributed by atoms with Gasteiger partial charge in [0.25, 0.3) is 0 Å². The molecule has 0 fully saturated rings. The van der Waals surface area contributed by atoms with Gasteiger partial charge in [-0.25, -0.2) is 8.42 Å². The molecule has 0 aliphatic carbocycles. The van der Waals surface area contributed by atoms with Crippen LogP contribution in [0.25, 0.3) is 0 Å². The zero-order valence-electron chi connectivity index (χ0n) is 10.7. The van der Waals surface area contributed by atoms with Gasteiger partial charge in [-0.1, -0.05) is 39.3 Å². The second-order valence-electron chi connectivity index (χ2n) is 3.68. The van der Waals surface area contributed by atoms with E-state index in [-0.39, 0.29) is 10.9 Å². The standard InChI is InChI=1S/C10H11ClF2O2S.C2H6/c1-6(2)7-3-8(11)5-9(4-7)16(14,15)10(12)13;1-2/h3-6,10H,1-2H3;1-2H3. The van der Waals surface area contributed by atoms with Crippen LogP contribution in [0.5, 0.6) is 0 Å². The maximum Gasteiger partial charge on any atom is 0.341 e. The molecule has 18 heavy (non-hydrogen) atoms. The van der Waals surface area contributed by atoms with Gasteiger partial charge in [0.2, 0.25) is 9.84 Å². The van der Waals surface area contributed by atoms with E-state index in [0.717, 1.165) is 6.07 Å². The third kappa shape index (κ3) is 4.21. The van der Waals surface area contributed by atoms with Crippen molar-refractivity contribution in [3.63, 3.8) is 0 Å². The van der Waals surface area contributed by atoms with Crippen molar-refractivity contribution >= 4 is 21.4 Å². The molecular weight excluding hydrogens is 282 g/mol. The van der Waals surface area contributed by atoms with Crippen LogP contribution in [0.2, 0.25) is 5.02 Å². The molecule has 0 amide bonds. The summed E-state index contributed by atoms with van der Waals surface area (Å²) < 4.78 is 47.2. The average Bonchev–Trinajstić information content (AvgIpc) is 2.30. The van der Waals surface area contributed by atoms with Gasteiger partial charge < -0.3 is 0 Å². The van der Waals surface area contributed by atoms with Gasteiger partial charge in [0, 0.05) is 5.02 Å². The molecular formula is C12H17ClF2O2S. The summed E-state index contributed by atoms with van der Waals surface area (Å²) in [6.45, 7) is 7.65. The molecule has 1 rings (SSSR count). The Morgan fingerprint density at radius 2 is 1.61 bits per heavy atom. The summed E-state index contributed by atoms with van der Waals surface area (Å²) in [5.74, 6) is -3.41. The molecule has 0 atom stereocenters. The number of hydrogen-bond donors (Lipinski definition) is 0. The lowest BCUT2D eigenvalue weighted by atomic mass is 10.0. The van der Waals surface area contributed by atoms with Crippen LogP contribution in [0.1, 0.15) is 39.2 Å². The molecule has 0 N–H and O–H groups in total. The van der Waals surface area contributed by atoms with Crippen LogP contribution < -0.4 is 0 Å². The van der Waals surface area contributed by atoms with Crippen LogP contribution in [0.4, 0.5) is 8.78 Å². The number of sulfone groups is 1. The van der Waals surface area contributed by atoms with Gasteiger partial charge in [-0.15, -0.1) is 0 Å². The normalized spacial score (nSPS) is 11.4. The second kappa shape index (κ2) is 7.04. The van der Waals surface area contributed by atoms with Crippen molar-refractivity contribution in [3.8, 4) is 0 Å². The second-order valence-corrected chi connectivity index (χ2v) is 6.03. The van der Waals surface area contributed by atoms with Crippen molar-refractivity contribution in [1.82, 2.24) is 0 Å². The van der Waals surface area contributed by atoms with E-state index in [0.29, 0.717) is 5.56 Å². The quantitative estimate of drug-likeness (QED) is 0.824. The molecule has 0 saturated heterocycles. The van der Waals surface area contributed by atoms with E-state index in [1.807, 2.05) is 27.7 Å². The van der Waals surface area contributed by atoms with Crippen molar-refractivity contribution in [1.29, 1.82) is 0 Å². The van der Waals surface area contributed by atoms with Crippen molar-refractivity contribution in [2.24, 2.45) is 0 Å². The van der Waals surface area contributed by atoms with E-state index in [2.05, 4.69) is 0 Å². The van der Waals surface area contributed by atoms with Crippen LogP contribution >= 0.6 is 11.6 Å². The Balaban J connectivity index is 0.00000137. The average molecular weight is 299 g/mol. The van der Waals surface area contributed by atoms with Crippen molar-refractivity contribution < 1.29 is 17.2 Å². The highest BCUT2D eigenvalue weighted by molar-refractivity contribution is 7.91. The van der Waals surface area contributed by atoms with Crippen LogP contribution in [-0.2, 0) is 9.84 Å². The summed E-state index contributed by atoms with van der Waals surface area (Å²) in [5.41, 5.74) is 0.617. The minimum atomic E-state index is -4.57. The smallest absolute Gasteiger partial charge is 0.218 e. The first-order valence-corrected chi connectivity index (χ1v) is 7.50. The monoisotopic (exact) mass is 298 g/mol. The minimum absolute atomic E-state index is 0.0188. The van der Waals surface area contributed by atoms with Crippen molar-refractivity contribution in [2.75, 3.05) is 0 Å². The fourth-order valence-electron chi connectivity index (χ4n) is 1.18. The molecule has 0 aromatic heterocycles. The van der Waals surface area contributed by atoms with Gasteiger partial charge in [-0.2, -0.15) is 8.78 Å². The maximum atomic E-state index is 12.3. The summed E-state index contributed by atoms with van der Waals surface area (Å²) in [5, 5.41) is 0.144. The van der Waals surface area contributed by atoms with Crippen molar-refractivity contribution in [2.45, 2.75) is 44.3 Å². The number of halogens is 3. The lowest BCUT2D eigenvalue weighted by molar-refractivity contribution is 0.234. The highest BCUT2D eigenvalue weighted by Gasteiger charge is 2.27. The molecule has 0 heterocycles. The van der Waals surface area contributed by atoms with Crippen LogP contribution in [0.3, 0.4) is 0 Å². The maximum absolute atomic E-state index is 12.3. The largest absolute Gasteiger partial charge is 0.341 e. The number of hydrogen-bond acceptors (Lipinski definition) is 2. The van der Waals surface area contributed by atoms with Crippen LogP contribution in [-0.4, -0.2) is 14.2 Å². The van der Waals surface area contributed by atoms with Gasteiger partial charge >= 0.3 is 5.76 Å². The first-order valence-electron chi connectivity index (χ1n) is 5.57. The van der Waals surface area contributed by atoms with Crippen molar-refractivity contribution in [3.05, 3.63) is 28.8 Å². The summed E-state index contributed by atoms with van der Waals surface area (Å²) in [7, 11) is -4.57. The predicted octanol–water partition coefficient (Wildman–Crippen LogP) is 4.49. The Labute approximate surface area is 112 Å². The Bertz CT molecular complexity index is 485. The van der Waals surface area contributed by atoms with E-state index in [1.54, 1.807) is 6.07 Å². The SMILES string of the molecule is CC.CC(C)c1cc(Cl)cc(S(=O)(=O)C(F)F)c1. The minimum Gasteiger partial charge on any atom is -0.218 e. The van der Waals surface area contributed by atoms with Crippen LogP contribution in [0.15, 0.2) is 23.1 Å². The molecule has 0 aliphatic heterocycles. The fourth-order valence-corrected chi connectivity index (χ4v) is 2.29. The predicted molar refractivity (Wildman–Crippen MR) is 70.1 cm³/mol. The third-order valence-corrected chi connectivity index (χ3v) is 3.70. The summed E-state index contributed by atoms with van der Waals surface area (Å²) in [4.78, 5) is -0.432. The molecule has 0 spiro atoms. The fraction of sp³-hybridized carbons (Fsp3) is 0.500. The Morgan fingerprint density at radius 3 is 2.00 bits per heavy atom. The van der Waals surface area contributed by atoms with Crippen LogP contribution in [0, 0.1) is 0 Å². The van der Waals surface area contributed by atoms with Gasteiger partial charge in [-0.05, 0) is 29.7 Å². The lowest BCUT2D eigenvalue weighted by Crippen LogP contribution is -2.11. The molecule has 0 bridgehead atoms. The molecule has 2 nitrogen and oxygen atoms in total.